The highest BCUT2D eigenvalue weighted by atomic mass is 32.2. The second-order valence-corrected chi connectivity index (χ2v) is 10.6. The fourth-order valence-electron chi connectivity index (χ4n) is 3.84. The average Bonchev–Trinajstić information content (AvgIpc) is 2.90. The second kappa shape index (κ2) is 12.5. The standard InChI is InChI=1S/C28H32FN3O4S/c1-4-18-30-28(34)22(3)31(19-23-14-16-24(29)17-15-23)27(33)20-32(26-13-9-8-10-21(26)2)37(35,36)25-11-6-5-7-12-25/h5-17,22H,4,18-20H2,1-3H3,(H,30,34). The largest absolute Gasteiger partial charge is 0.354 e. The van der Waals surface area contributed by atoms with E-state index in [-0.39, 0.29) is 17.3 Å². The van der Waals surface area contributed by atoms with Crippen LogP contribution in [-0.2, 0) is 26.2 Å². The van der Waals surface area contributed by atoms with Gasteiger partial charge in [-0.1, -0.05) is 55.5 Å². The second-order valence-electron chi connectivity index (χ2n) is 8.73. The SMILES string of the molecule is CCCNC(=O)C(C)N(Cc1ccc(F)cc1)C(=O)CN(c1ccccc1C)S(=O)(=O)c1ccccc1. The summed E-state index contributed by atoms with van der Waals surface area (Å²) in [6, 6.07) is 19.5. The number of benzene rings is 3. The average molecular weight is 526 g/mol. The molecule has 0 aromatic heterocycles. The zero-order valence-electron chi connectivity index (χ0n) is 21.2. The monoisotopic (exact) mass is 525 g/mol. The molecule has 0 radical (unpaired) electrons. The van der Waals surface area contributed by atoms with Gasteiger partial charge in [-0.25, -0.2) is 12.8 Å². The number of halogens is 1. The molecule has 0 heterocycles. The third kappa shape index (κ3) is 6.95. The van der Waals surface area contributed by atoms with E-state index in [1.165, 1.54) is 41.3 Å². The molecule has 0 saturated carbocycles. The summed E-state index contributed by atoms with van der Waals surface area (Å²) in [5.74, 6) is -1.34. The Hall–Kier alpha value is -3.72. The molecule has 3 aromatic rings. The number of amides is 2. The highest BCUT2D eigenvalue weighted by Gasteiger charge is 2.32. The van der Waals surface area contributed by atoms with Crippen molar-refractivity contribution in [3.63, 3.8) is 0 Å². The molecule has 196 valence electrons. The topological polar surface area (TPSA) is 86.8 Å². The van der Waals surface area contributed by atoms with Gasteiger partial charge < -0.3 is 10.2 Å². The van der Waals surface area contributed by atoms with Gasteiger partial charge >= 0.3 is 0 Å². The van der Waals surface area contributed by atoms with Gasteiger partial charge in [-0.3, -0.25) is 13.9 Å². The van der Waals surface area contributed by atoms with E-state index in [1.807, 2.05) is 6.92 Å². The molecule has 3 aromatic carbocycles. The van der Waals surface area contributed by atoms with Crippen molar-refractivity contribution in [2.75, 3.05) is 17.4 Å². The lowest BCUT2D eigenvalue weighted by atomic mass is 10.1. The van der Waals surface area contributed by atoms with Gasteiger partial charge in [-0.2, -0.15) is 0 Å². The quantitative estimate of drug-likeness (QED) is 0.405. The Balaban J connectivity index is 2.01. The molecule has 37 heavy (non-hydrogen) atoms. The zero-order chi connectivity index (χ0) is 27.0. The maximum absolute atomic E-state index is 13.8. The van der Waals surface area contributed by atoms with E-state index in [2.05, 4.69) is 5.32 Å². The van der Waals surface area contributed by atoms with Crippen LogP contribution in [0.3, 0.4) is 0 Å². The van der Waals surface area contributed by atoms with E-state index in [1.54, 1.807) is 56.3 Å². The van der Waals surface area contributed by atoms with Crippen LogP contribution in [0.1, 0.15) is 31.4 Å². The summed E-state index contributed by atoms with van der Waals surface area (Å²) in [7, 11) is -4.11. The number of nitrogens with zero attached hydrogens (tertiary/aromatic N) is 2. The van der Waals surface area contributed by atoms with E-state index in [4.69, 9.17) is 0 Å². The zero-order valence-corrected chi connectivity index (χ0v) is 22.0. The highest BCUT2D eigenvalue weighted by Crippen LogP contribution is 2.27. The summed E-state index contributed by atoms with van der Waals surface area (Å²) in [4.78, 5) is 28.0. The summed E-state index contributed by atoms with van der Waals surface area (Å²) in [5.41, 5.74) is 1.65. The van der Waals surface area contributed by atoms with Gasteiger partial charge in [0, 0.05) is 13.1 Å². The van der Waals surface area contributed by atoms with Gasteiger partial charge in [0.15, 0.2) is 0 Å². The third-order valence-electron chi connectivity index (χ3n) is 5.98. The smallest absolute Gasteiger partial charge is 0.264 e. The summed E-state index contributed by atoms with van der Waals surface area (Å²) < 4.78 is 42.0. The minimum Gasteiger partial charge on any atom is -0.354 e. The van der Waals surface area contributed by atoms with Crippen LogP contribution in [0.5, 0.6) is 0 Å². The number of hydrogen-bond acceptors (Lipinski definition) is 4. The third-order valence-corrected chi connectivity index (χ3v) is 7.75. The predicted octanol–water partition coefficient (Wildman–Crippen LogP) is 4.27. The van der Waals surface area contributed by atoms with Gasteiger partial charge in [0.2, 0.25) is 11.8 Å². The summed E-state index contributed by atoms with van der Waals surface area (Å²) in [6.07, 6.45) is 0.723. The Morgan fingerprint density at radius 1 is 0.946 bits per heavy atom. The van der Waals surface area contributed by atoms with Crippen molar-refractivity contribution in [2.24, 2.45) is 0 Å². The molecule has 0 saturated heterocycles. The van der Waals surface area contributed by atoms with E-state index in [9.17, 15) is 22.4 Å². The normalized spacial score (nSPS) is 12.0. The molecule has 2 amide bonds. The molecule has 7 nitrogen and oxygen atoms in total. The molecular formula is C28H32FN3O4S. The van der Waals surface area contributed by atoms with E-state index in [0.29, 0.717) is 23.4 Å². The van der Waals surface area contributed by atoms with E-state index >= 15 is 0 Å². The van der Waals surface area contributed by atoms with Gasteiger partial charge in [0.1, 0.15) is 18.4 Å². The van der Waals surface area contributed by atoms with Crippen molar-refractivity contribution < 1.29 is 22.4 Å². The fourth-order valence-corrected chi connectivity index (χ4v) is 5.34. The number of anilines is 1. The Morgan fingerprint density at radius 3 is 2.19 bits per heavy atom. The molecule has 0 fully saturated rings. The first-order valence-corrected chi connectivity index (χ1v) is 13.5. The summed E-state index contributed by atoms with van der Waals surface area (Å²) in [5, 5.41) is 2.79. The van der Waals surface area contributed by atoms with Crippen LogP contribution in [-0.4, -0.2) is 44.3 Å². The number of carbonyl (C=O) groups excluding carboxylic acids is 2. The Labute approximate surface area is 218 Å². The summed E-state index contributed by atoms with van der Waals surface area (Å²) in [6.45, 7) is 5.21. The molecule has 0 spiro atoms. The molecule has 1 atom stereocenters. The maximum Gasteiger partial charge on any atom is 0.264 e. The number of nitrogens with one attached hydrogen (secondary N) is 1. The first-order valence-electron chi connectivity index (χ1n) is 12.1. The molecule has 0 aliphatic rings. The lowest BCUT2D eigenvalue weighted by molar-refractivity contribution is -0.139. The Kier molecular flexibility index (Phi) is 9.41. The Bertz CT molecular complexity index is 1310. The van der Waals surface area contributed by atoms with E-state index < -0.39 is 34.3 Å². The number of hydrogen-bond donors (Lipinski definition) is 1. The van der Waals surface area contributed by atoms with Crippen LogP contribution in [0.25, 0.3) is 0 Å². The van der Waals surface area contributed by atoms with Crippen molar-refractivity contribution in [1.29, 1.82) is 0 Å². The first kappa shape index (κ1) is 27.9. The number of aryl methyl sites for hydroxylation is 1. The molecule has 1 unspecified atom stereocenters. The lowest BCUT2D eigenvalue weighted by Gasteiger charge is -2.32. The lowest BCUT2D eigenvalue weighted by Crippen LogP contribution is -2.51. The number of carbonyl (C=O) groups is 2. The highest BCUT2D eigenvalue weighted by molar-refractivity contribution is 7.92. The van der Waals surface area contributed by atoms with Crippen LogP contribution < -0.4 is 9.62 Å². The molecule has 9 heteroatoms. The van der Waals surface area contributed by atoms with Crippen molar-refractivity contribution >= 4 is 27.5 Å². The van der Waals surface area contributed by atoms with Gasteiger partial charge in [0.05, 0.1) is 10.6 Å². The van der Waals surface area contributed by atoms with Crippen molar-refractivity contribution in [2.45, 2.75) is 44.7 Å². The number of para-hydroxylation sites is 1. The van der Waals surface area contributed by atoms with Crippen molar-refractivity contribution in [1.82, 2.24) is 10.2 Å². The Morgan fingerprint density at radius 2 is 1.57 bits per heavy atom. The van der Waals surface area contributed by atoms with Crippen LogP contribution in [0.15, 0.2) is 83.8 Å². The van der Waals surface area contributed by atoms with Crippen LogP contribution >= 0.6 is 0 Å². The minimum absolute atomic E-state index is 0.00677. The van der Waals surface area contributed by atoms with Gasteiger partial charge in [-0.15, -0.1) is 0 Å². The fraction of sp³-hybridized carbons (Fsp3) is 0.286. The van der Waals surface area contributed by atoms with Crippen LogP contribution in [0.4, 0.5) is 10.1 Å². The van der Waals surface area contributed by atoms with Crippen molar-refractivity contribution in [3.05, 3.63) is 95.8 Å². The van der Waals surface area contributed by atoms with Crippen molar-refractivity contribution in [3.8, 4) is 0 Å². The van der Waals surface area contributed by atoms with Crippen LogP contribution in [0.2, 0.25) is 0 Å². The first-order chi connectivity index (χ1) is 17.6. The van der Waals surface area contributed by atoms with E-state index in [0.717, 1.165) is 10.7 Å². The summed E-state index contributed by atoms with van der Waals surface area (Å²) >= 11 is 0. The van der Waals surface area contributed by atoms with Gasteiger partial charge in [0.25, 0.3) is 10.0 Å². The predicted molar refractivity (Wildman–Crippen MR) is 142 cm³/mol. The number of rotatable bonds is 11. The molecule has 0 aliphatic heterocycles. The molecule has 0 bridgehead atoms. The maximum atomic E-state index is 13.8. The minimum atomic E-state index is -4.11. The number of sulfonamides is 1. The molecule has 0 aliphatic carbocycles. The molecule has 3 rings (SSSR count). The van der Waals surface area contributed by atoms with Gasteiger partial charge in [-0.05, 0) is 61.7 Å². The molecule has 1 N–H and O–H groups in total. The molecular weight excluding hydrogens is 493 g/mol. The van der Waals surface area contributed by atoms with Crippen LogP contribution in [0, 0.1) is 12.7 Å².